The highest BCUT2D eigenvalue weighted by Gasteiger charge is 2.30. The predicted octanol–water partition coefficient (Wildman–Crippen LogP) is 6.73. The van der Waals surface area contributed by atoms with Gasteiger partial charge in [0.1, 0.15) is 17.2 Å². The molecule has 5 heteroatoms. The number of benzene rings is 3. The lowest BCUT2D eigenvalue weighted by atomic mass is 9.96. The third-order valence-electron chi connectivity index (χ3n) is 7.18. The quantitative estimate of drug-likeness (QED) is 0.281. The number of hydrogen-bond acceptors (Lipinski definition) is 4. The van der Waals surface area contributed by atoms with Crippen molar-refractivity contribution in [2.24, 2.45) is 0 Å². The Labute approximate surface area is 224 Å². The minimum atomic E-state index is -0.238. The van der Waals surface area contributed by atoms with E-state index in [1.54, 1.807) is 0 Å². The highest BCUT2D eigenvalue weighted by atomic mass is 16.5. The molecule has 0 spiro atoms. The normalized spacial score (nSPS) is 13.6. The Kier molecular flexibility index (Phi) is 6.91. The Balaban J connectivity index is 1.56. The molecule has 0 amide bonds. The summed E-state index contributed by atoms with van der Waals surface area (Å²) in [7, 11) is 0. The van der Waals surface area contributed by atoms with E-state index in [9.17, 15) is 10.1 Å². The molecule has 1 aliphatic rings. The standard InChI is InChI=1S/C33H33N3O2/c1-5-9-30-35-32(37)31(24-16-17-29-26(18-24)19-33(3,4)38-29)28(6-2)36(30)21-22-12-14-23(15-13-22)27-11-8-7-10-25(27)20-34/h7-8,10-18H,5-6,9,19,21H2,1-4H3. The maximum absolute atomic E-state index is 13.4. The zero-order chi connectivity index (χ0) is 26.9. The molecule has 2 heterocycles. The molecule has 5 nitrogen and oxygen atoms in total. The van der Waals surface area contributed by atoms with Crippen molar-refractivity contribution >= 4 is 0 Å². The smallest absolute Gasteiger partial charge is 0.281 e. The summed E-state index contributed by atoms with van der Waals surface area (Å²) < 4.78 is 8.29. The molecule has 0 bridgehead atoms. The van der Waals surface area contributed by atoms with Crippen molar-refractivity contribution in [1.29, 1.82) is 5.26 Å². The topological polar surface area (TPSA) is 67.9 Å². The van der Waals surface area contributed by atoms with Crippen LogP contribution < -0.4 is 10.3 Å². The van der Waals surface area contributed by atoms with E-state index in [2.05, 4.69) is 73.6 Å². The molecule has 0 unspecified atom stereocenters. The van der Waals surface area contributed by atoms with Crippen LogP contribution in [0.15, 0.2) is 71.5 Å². The summed E-state index contributed by atoms with van der Waals surface area (Å²) in [5.41, 5.74) is 7.04. The molecule has 3 aromatic carbocycles. The molecule has 5 rings (SSSR count). The van der Waals surface area contributed by atoms with Crippen molar-refractivity contribution in [2.45, 2.75) is 65.5 Å². The van der Waals surface area contributed by atoms with Crippen LogP contribution in [0.5, 0.6) is 5.75 Å². The van der Waals surface area contributed by atoms with Crippen LogP contribution in [0.1, 0.15) is 62.3 Å². The van der Waals surface area contributed by atoms with Gasteiger partial charge in [0.25, 0.3) is 5.56 Å². The van der Waals surface area contributed by atoms with Crippen molar-refractivity contribution in [3.8, 4) is 34.1 Å². The molecule has 0 atom stereocenters. The van der Waals surface area contributed by atoms with Gasteiger partial charge in [-0.25, -0.2) is 0 Å². The van der Waals surface area contributed by atoms with Gasteiger partial charge in [-0.05, 0) is 72.7 Å². The highest BCUT2D eigenvalue weighted by molar-refractivity contribution is 5.71. The van der Waals surface area contributed by atoms with Gasteiger partial charge in [-0.3, -0.25) is 4.79 Å². The van der Waals surface area contributed by atoms with E-state index in [1.165, 1.54) is 0 Å². The fourth-order valence-corrected chi connectivity index (χ4v) is 5.48. The minimum Gasteiger partial charge on any atom is -0.487 e. The van der Waals surface area contributed by atoms with Crippen LogP contribution in [0, 0.1) is 11.3 Å². The summed E-state index contributed by atoms with van der Waals surface area (Å²) in [5.74, 6) is 1.72. The molecule has 38 heavy (non-hydrogen) atoms. The van der Waals surface area contributed by atoms with Crippen LogP contribution in [0.2, 0.25) is 0 Å². The Hall–Kier alpha value is -4.17. The Morgan fingerprint density at radius 1 is 1.03 bits per heavy atom. The fourth-order valence-electron chi connectivity index (χ4n) is 5.48. The van der Waals surface area contributed by atoms with Crippen molar-refractivity contribution in [3.05, 3.63) is 105 Å². The second kappa shape index (κ2) is 10.3. The van der Waals surface area contributed by atoms with Gasteiger partial charge < -0.3 is 9.30 Å². The fraction of sp³-hybridized carbons (Fsp3) is 0.303. The van der Waals surface area contributed by atoms with E-state index in [-0.39, 0.29) is 11.2 Å². The number of rotatable bonds is 7. The van der Waals surface area contributed by atoms with Gasteiger partial charge in [0.05, 0.1) is 17.2 Å². The number of nitrogens with zero attached hydrogens (tertiary/aromatic N) is 3. The number of aromatic nitrogens is 2. The van der Waals surface area contributed by atoms with Gasteiger partial charge in [-0.1, -0.05) is 62.4 Å². The molecular weight excluding hydrogens is 470 g/mol. The second-order valence-electron chi connectivity index (χ2n) is 10.6. The monoisotopic (exact) mass is 503 g/mol. The minimum absolute atomic E-state index is 0.164. The van der Waals surface area contributed by atoms with Crippen LogP contribution in [0.25, 0.3) is 22.3 Å². The van der Waals surface area contributed by atoms with Crippen molar-refractivity contribution in [1.82, 2.24) is 9.55 Å². The molecular formula is C33H33N3O2. The van der Waals surface area contributed by atoms with Crippen molar-refractivity contribution in [3.63, 3.8) is 0 Å². The molecule has 1 aliphatic heterocycles. The highest BCUT2D eigenvalue weighted by Crippen LogP contribution is 2.37. The number of ether oxygens (including phenoxy) is 1. The Morgan fingerprint density at radius 2 is 1.76 bits per heavy atom. The second-order valence-corrected chi connectivity index (χ2v) is 10.6. The largest absolute Gasteiger partial charge is 0.487 e. The zero-order valence-corrected chi connectivity index (χ0v) is 22.5. The van der Waals surface area contributed by atoms with Gasteiger partial charge >= 0.3 is 0 Å². The summed E-state index contributed by atoms with van der Waals surface area (Å²) in [6.07, 6.45) is 3.18. The summed E-state index contributed by atoms with van der Waals surface area (Å²) in [4.78, 5) is 18.0. The lowest BCUT2D eigenvalue weighted by molar-refractivity contribution is 0.138. The summed E-state index contributed by atoms with van der Waals surface area (Å²) >= 11 is 0. The van der Waals surface area contributed by atoms with E-state index >= 15 is 0 Å². The molecule has 4 aromatic rings. The molecule has 0 saturated heterocycles. The van der Waals surface area contributed by atoms with Crippen LogP contribution in [0.4, 0.5) is 0 Å². The lowest BCUT2D eigenvalue weighted by Gasteiger charge is -2.21. The SMILES string of the molecule is CCCc1nc(=O)c(-c2ccc3c(c2)CC(C)(C)O3)c(CC)n1Cc1ccc(-c2ccccc2C#N)cc1. The molecule has 0 N–H and O–H groups in total. The van der Waals surface area contributed by atoms with Gasteiger partial charge in [-0.15, -0.1) is 0 Å². The number of fused-ring (bicyclic) bond motifs is 1. The number of aryl methyl sites for hydroxylation is 1. The zero-order valence-electron chi connectivity index (χ0n) is 22.5. The summed E-state index contributed by atoms with van der Waals surface area (Å²) in [6, 6.07) is 24.3. The molecule has 0 saturated carbocycles. The van der Waals surface area contributed by atoms with E-state index in [4.69, 9.17) is 4.74 Å². The van der Waals surface area contributed by atoms with Crippen LogP contribution in [-0.2, 0) is 25.8 Å². The first kappa shape index (κ1) is 25.5. The maximum atomic E-state index is 13.4. The molecule has 1 aromatic heterocycles. The lowest BCUT2D eigenvalue weighted by Crippen LogP contribution is -2.25. The van der Waals surface area contributed by atoms with Gasteiger partial charge in [0.2, 0.25) is 0 Å². The average molecular weight is 504 g/mol. The average Bonchev–Trinajstić information content (AvgIpc) is 3.23. The first-order valence-corrected chi connectivity index (χ1v) is 13.4. The van der Waals surface area contributed by atoms with Crippen LogP contribution in [0.3, 0.4) is 0 Å². The van der Waals surface area contributed by atoms with E-state index in [1.807, 2.05) is 36.4 Å². The molecule has 0 aliphatic carbocycles. The molecule has 0 fully saturated rings. The van der Waals surface area contributed by atoms with Gasteiger partial charge in [0.15, 0.2) is 0 Å². The van der Waals surface area contributed by atoms with Gasteiger partial charge in [-0.2, -0.15) is 10.2 Å². The summed E-state index contributed by atoms with van der Waals surface area (Å²) in [6.45, 7) is 9.01. The number of hydrogen-bond donors (Lipinski definition) is 0. The van der Waals surface area contributed by atoms with E-state index in [0.717, 1.165) is 70.8 Å². The van der Waals surface area contributed by atoms with E-state index < -0.39 is 0 Å². The first-order valence-electron chi connectivity index (χ1n) is 13.4. The van der Waals surface area contributed by atoms with Gasteiger partial charge in [0, 0.05) is 25.1 Å². The van der Waals surface area contributed by atoms with Crippen LogP contribution in [-0.4, -0.2) is 15.2 Å². The first-order chi connectivity index (χ1) is 18.3. The summed E-state index contributed by atoms with van der Waals surface area (Å²) in [5, 5.41) is 9.49. The Morgan fingerprint density at radius 3 is 2.47 bits per heavy atom. The third kappa shape index (κ3) is 4.87. The molecule has 192 valence electrons. The third-order valence-corrected chi connectivity index (χ3v) is 7.18. The maximum Gasteiger partial charge on any atom is 0.281 e. The van der Waals surface area contributed by atoms with Crippen LogP contribution >= 0.6 is 0 Å². The molecule has 0 radical (unpaired) electrons. The van der Waals surface area contributed by atoms with E-state index in [0.29, 0.717) is 17.7 Å². The van der Waals surface area contributed by atoms with Crippen molar-refractivity contribution in [2.75, 3.05) is 0 Å². The number of nitriles is 1. The predicted molar refractivity (Wildman–Crippen MR) is 151 cm³/mol. The van der Waals surface area contributed by atoms with Crippen molar-refractivity contribution < 1.29 is 4.74 Å². The Bertz CT molecular complexity index is 1590.